The van der Waals surface area contributed by atoms with Crippen LogP contribution in [0.4, 0.5) is 0 Å². The van der Waals surface area contributed by atoms with Crippen LogP contribution in [0.15, 0.2) is 0 Å². The average molecular weight is 511 g/mol. The summed E-state index contributed by atoms with van der Waals surface area (Å²) in [6.07, 6.45) is 22.4. The Balaban J connectivity index is 3.55. The molecule has 0 spiro atoms. The van der Waals surface area contributed by atoms with Gasteiger partial charge >= 0.3 is 11.9 Å². The van der Waals surface area contributed by atoms with Crippen LogP contribution in [0.2, 0.25) is 0 Å². The molecule has 0 saturated carbocycles. The monoisotopic (exact) mass is 510 g/mol. The van der Waals surface area contributed by atoms with Gasteiger partial charge in [0.2, 0.25) is 0 Å². The third-order valence-electron chi connectivity index (χ3n) is 7.72. The van der Waals surface area contributed by atoms with E-state index in [0.717, 1.165) is 32.1 Å². The van der Waals surface area contributed by atoms with Crippen LogP contribution in [0.25, 0.3) is 0 Å². The molecule has 4 heteroatoms. The van der Waals surface area contributed by atoms with Gasteiger partial charge in [-0.3, -0.25) is 9.59 Å². The van der Waals surface area contributed by atoms with Crippen molar-refractivity contribution in [2.45, 2.75) is 163 Å². The van der Waals surface area contributed by atoms with E-state index in [1.54, 1.807) is 0 Å². The van der Waals surface area contributed by atoms with Gasteiger partial charge in [0.15, 0.2) is 0 Å². The maximum atomic E-state index is 12.1. The van der Waals surface area contributed by atoms with Crippen LogP contribution in [0, 0.1) is 17.8 Å². The van der Waals surface area contributed by atoms with E-state index < -0.39 is 0 Å². The number of unbranched alkanes of at least 4 members (excludes halogenated alkanes) is 9. The van der Waals surface area contributed by atoms with Crippen LogP contribution in [0.3, 0.4) is 0 Å². The van der Waals surface area contributed by atoms with E-state index in [1.807, 2.05) is 0 Å². The first-order valence-electron chi connectivity index (χ1n) is 15.8. The first-order chi connectivity index (χ1) is 17.5. The van der Waals surface area contributed by atoms with Crippen molar-refractivity contribution in [3.05, 3.63) is 0 Å². The van der Waals surface area contributed by atoms with Crippen molar-refractivity contribution in [3.63, 3.8) is 0 Å². The van der Waals surface area contributed by atoms with Crippen LogP contribution in [-0.2, 0) is 19.1 Å². The highest BCUT2D eigenvalue weighted by molar-refractivity contribution is 5.69. The minimum Gasteiger partial charge on any atom is -0.465 e. The highest BCUT2D eigenvalue weighted by Gasteiger charge is 2.12. The van der Waals surface area contributed by atoms with Gasteiger partial charge < -0.3 is 9.47 Å². The Kier molecular flexibility index (Phi) is 24.8. The van der Waals surface area contributed by atoms with Crippen LogP contribution in [-0.4, -0.2) is 25.2 Å². The fraction of sp³-hybridized carbons (Fsp3) is 0.938. The Hall–Kier alpha value is -1.06. The fourth-order valence-corrected chi connectivity index (χ4v) is 4.69. The topological polar surface area (TPSA) is 52.6 Å². The third-order valence-corrected chi connectivity index (χ3v) is 7.72. The summed E-state index contributed by atoms with van der Waals surface area (Å²) in [7, 11) is 0. The molecule has 3 atom stereocenters. The zero-order valence-corrected chi connectivity index (χ0v) is 24.9. The van der Waals surface area contributed by atoms with E-state index in [1.165, 1.54) is 83.5 Å². The quantitative estimate of drug-likeness (QED) is 0.0858. The lowest BCUT2D eigenvalue weighted by Gasteiger charge is -2.15. The molecule has 4 nitrogen and oxygen atoms in total. The highest BCUT2D eigenvalue weighted by Crippen LogP contribution is 2.18. The predicted molar refractivity (Wildman–Crippen MR) is 153 cm³/mol. The molecule has 0 heterocycles. The summed E-state index contributed by atoms with van der Waals surface area (Å²) in [5.41, 5.74) is 0. The van der Waals surface area contributed by atoms with Gasteiger partial charge in [0.1, 0.15) is 0 Å². The van der Waals surface area contributed by atoms with Crippen molar-refractivity contribution in [2.75, 3.05) is 13.2 Å². The van der Waals surface area contributed by atoms with Crippen molar-refractivity contribution in [3.8, 4) is 0 Å². The minimum atomic E-state index is -0.0119. The third kappa shape index (κ3) is 22.2. The van der Waals surface area contributed by atoms with Crippen molar-refractivity contribution in [1.29, 1.82) is 0 Å². The molecule has 3 unspecified atom stereocenters. The summed E-state index contributed by atoms with van der Waals surface area (Å²) < 4.78 is 11.0. The number of hydrogen-bond acceptors (Lipinski definition) is 4. The van der Waals surface area contributed by atoms with E-state index in [4.69, 9.17) is 9.47 Å². The molecule has 0 aromatic heterocycles. The lowest BCUT2D eigenvalue weighted by atomic mass is 9.97. The van der Waals surface area contributed by atoms with Crippen molar-refractivity contribution >= 4 is 11.9 Å². The molecule has 0 aliphatic carbocycles. The van der Waals surface area contributed by atoms with Gasteiger partial charge in [0, 0.05) is 12.8 Å². The molecule has 0 aromatic rings. The van der Waals surface area contributed by atoms with Crippen molar-refractivity contribution < 1.29 is 19.1 Å². The van der Waals surface area contributed by atoms with Crippen LogP contribution in [0.5, 0.6) is 0 Å². The van der Waals surface area contributed by atoms with Gasteiger partial charge in [-0.2, -0.15) is 0 Å². The van der Waals surface area contributed by atoms with Gasteiger partial charge in [-0.05, 0) is 43.4 Å². The summed E-state index contributed by atoms with van der Waals surface area (Å²) in [6.45, 7) is 12.3. The Morgan fingerprint density at radius 3 is 1.44 bits per heavy atom. The van der Waals surface area contributed by atoms with E-state index in [2.05, 4.69) is 34.6 Å². The summed E-state index contributed by atoms with van der Waals surface area (Å²) in [4.78, 5) is 24.0. The maximum Gasteiger partial charge on any atom is 0.305 e. The summed E-state index contributed by atoms with van der Waals surface area (Å²) in [5.74, 6) is 1.64. The summed E-state index contributed by atoms with van der Waals surface area (Å²) in [5, 5.41) is 0. The largest absolute Gasteiger partial charge is 0.465 e. The van der Waals surface area contributed by atoms with E-state index in [9.17, 15) is 9.59 Å². The first kappa shape index (κ1) is 34.9. The SMILES string of the molecule is CCCCC(CC)COC(=O)CCCCCCCCCCC(C)CCC(=O)OCC(CC)CCCC. The van der Waals surface area contributed by atoms with Crippen LogP contribution in [0.1, 0.15) is 163 Å². The van der Waals surface area contributed by atoms with E-state index in [0.29, 0.717) is 43.8 Å². The number of hydrogen-bond donors (Lipinski definition) is 0. The molecule has 214 valence electrons. The lowest BCUT2D eigenvalue weighted by Crippen LogP contribution is -2.14. The zero-order valence-electron chi connectivity index (χ0n) is 24.9. The smallest absolute Gasteiger partial charge is 0.305 e. The maximum absolute atomic E-state index is 12.1. The Morgan fingerprint density at radius 2 is 0.972 bits per heavy atom. The Labute approximate surface area is 225 Å². The molecule has 0 aliphatic rings. The zero-order chi connectivity index (χ0) is 26.9. The number of esters is 2. The van der Waals surface area contributed by atoms with Crippen LogP contribution >= 0.6 is 0 Å². The van der Waals surface area contributed by atoms with E-state index >= 15 is 0 Å². The molecular formula is C32H62O4. The number of carbonyl (C=O) groups excluding carboxylic acids is 2. The second-order valence-electron chi connectivity index (χ2n) is 11.2. The number of rotatable bonds is 26. The second kappa shape index (κ2) is 25.6. The summed E-state index contributed by atoms with van der Waals surface area (Å²) >= 11 is 0. The Bertz CT molecular complexity index is 504. The second-order valence-corrected chi connectivity index (χ2v) is 11.2. The highest BCUT2D eigenvalue weighted by atomic mass is 16.5. The average Bonchev–Trinajstić information content (AvgIpc) is 2.88. The molecule has 0 saturated heterocycles. The van der Waals surface area contributed by atoms with E-state index in [-0.39, 0.29) is 11.9 Å². The minimum absolute atomic E-state index is 0.00976. The number of ether oxygens (including phenoxy) is 2. The molecule has 0 bridgehead atoms. The lowest BCUT2D eigenvalue weighted by molar-refractivity contribution is -0.146. The van der Waals surface area contributed by atoms with Gasteiger partial charge in [-0.15, -0.1) is 0 Å². The fourth-order valence-electron chi connectivity index (χ4n) is 4.69. The molecule has 0 rings (SSSR count). The molecule has 36 heavy (non-hydrogen) atoms. The standard InChI is InChI=1S/C32H62O4/c1-6-10-21-29(8-3)26-35-31(33)23-19-17-15-13-12-14-16-18-20-28(5)24-25-32(34)36-27-30(9-4)22-11-7-2/h28-30H,6-27H2,1-5H3. The van der Waals surface area contributed by atoms with Crippen molar-refractivity contribution in [2.24, 2.45) is 17.8 Å². The summed E-state index contributed by atoms with van der Waals surface area (Å²) in [6, 6.07) is 0. The van der Waals surface area contributed by atoms with Crippen LogP contribution < -0.4 is 0 Å². The molecule has 0 N–H and O–H groups in total. The number of carbonyl (C=O) groups is 2. The van der Waals surface area contributed by atoms with Gasteiger partial charge in [0.05, 0.1) is 13.2 Å². The normalized spacial score (nSPS) is 13.8. The first-order valence-corrected chi connectivity index (χ1v) is 15.8. The Morgan fingerprint density at radius 1 is 0.528 bits per heavy atom. The van der Waals surface area contributed by atoms with Gasteiger partial charge in [0.25, 0.3) is 0 Å². The molecule has 0 radical (unpaired) electrons. The molecule has 0 amide bonds. The van der Waals surface area contributed by atoms with Gasteiger partial charge in [-0.1, -0.05) is 125 Å². The molecule has 0 fully saturated rings. The van der Waals surface area contributed by atoms with Gasteiger partial charge in [-0.25, -0.2) is 0 Å². The molecule has 0 aliphatic heterocycles. The predicted octanol–water partition coefficient (Wildman–Crippen LogP) is 9.82. The molecule has 0 aromatic carbocycles. The molecular weight excluding hydrogens is 448 g/mol. The van der Waals surface area contributed by atoms with Crippen molar-refractivity contribution in [1.82, 2.24) is 0 Å².